The van der Waals surface area contributed by atoms with E-state index in [1.165, 1.54) is 20.3 Å². The Balaban J connectivity index is 3.02. The van der Waals surface area contributed by atoms with Crippen LogP contribution in [0.3, 0.4) is 0 Å². The van der Waals surface area contributed by atoms with E-state index in [0.29, 0.717) is 5.56 Å². The van der Waals surface area contributed by atoms with Crippen LogP contribution in [-0.4, -0.2) is 25.3 Å². The summed E-state index contributed by atoms with van der Waals surface area (Å²) in [5.74, 6) is -1.90. The van der Waals surface area contributed by atoms with Crippen molar-refractivity contribution in [2.45, 2.75) is 6.10 Å². The summed E-state index contributed by atoms with van der Waals surface area (Å²) in [6, 6.07) is 3.57. The monoisotopic (exact) mass is 214 g/mol. The first-order valence-electron chi connectivity index (χ1n) is 4.19. The number of esters is 1. The van der Waals surface area contributed by atoms with Gasteiger partial charge in [-0.2, -0.15) is 0 Å². The molecule has 0 aliphatic heterocycles. The predicted molar refractivity (Wildman–Crippen MR) is 49.8 cm³/mol. The number of phenols is 1. The van der Waals surface area contributed by atoms with Gasteiger partial charge in [-0.3, -0.25) is 0 Å². The largest absolute Gasteiger partial charge is 0.505 e. The lowest BCUT2D eigenvalue weighted by Gasteiger charge is -2.13. The van der Waals surface area contributed by atoms with Crippen LogP contribution in [-0.2, 0) is 14.3 Å². The van der Waals surface area contributed by atoms with Crippen molar-refractivity contribution in [3.8, 4) is 5.75 Å². The number of hydrogen-bond acceptors (Lipinski definition) is 4. The molecule has 0 aromatic heterocycles. The summed E-state index contributed by atoms with van der Waals surface area (Å²) in [5.41, 5.74) is 0.291. The van der Waals surface area contributed by atoms with Gasteiger partial charge in [0.05, 0.1) is 7.11 Å². The number of phenolic OH excluding ortho intramolecular Hbond substituents is 1. The van der Waals surface area contributed by atoms with E-state index >= 15 is 0 Å². The molecular weight excluding hydrogens is 203 g/mol. The van der Waals surface area contributed by atoms with Gasteiger partial charge in [0.2, 0.25) is 0 Å². The summed E-state index contributed by atoms with van der Waals surface area (Å²) in [5, 5.41) is 8.96. The van der Waals surface area contributed by atoms with E-state index < -0.39 is 23.6 Å². The number of methoxy groups -OCH3 is 2. The highest BCUT2D eigenvalue weighted by molar-refractivity contribution is 5.76. The van der Waals surface area contributed by atoms with Crippen molar-refractivity contribution < 1.29 is 23.8 Å². The minimum absolute atomic E-state index is 0.291. The van der Waals surface area contributed by atoms with Gasteiger partial charge in [0, 0.05) is 7.11 Å². The number of rotatable bonds is 3. The summed E-state index contributed by atoms with van der Waals surface area (Å²) in [7, 11) is 2.53. The fourth-order valence-electron chi connectivity index (χ4n) is 1.16. The molecule has 5 heteroatoms. The number of carbonyl (C=O) groups excluding carboxylic acids is 1. The third kappa shape index (κ3) is 2.44. The first kappa shape index (κ1) is 11.5. The van der Waals surface area contributed by atoms with Gasteiger partial charge < -0.3 is 14.6 Å². The Morgan fingerprint density at radius 2 is 2.13 bits per heavy atom. The van der Waals surface area contributed by atoms with Gasteiger partial charge in [-0.05, 0) is 17.7 Å². The van der Waals surface area contributed by atoms with Crippen LogP contribution in [0.5, 0.6) is 5.75 Å². The van der Waals surface area contributed by atoms with Gasteiger partial charge in [0.15, 0.2) is 17.7 Å². The van der Waals surface area contributed by atoms with Crippen LogP contribution in [0.25, 0.3) is 0 Å². The lowest BCUT2D eigenvalue weighted by atomic mass is 10.1. The number of halogens is 1. The van der Waals surface area contributed by atoms with Gasteiger partial charge in [-0.1, -0.05) is 6.07 Å². The lowest BCUT2D eigenvalue weighted by molar-refractivity contribution is -0.152. The molecule has 1 atom stereocenters. The number of hydrogen-bond donors (Lipinski definition) is 1. The van der Waals surface area contributed by atoms with Gasteiger partial charge >= 0.3 is 5.97 Å². The van der Waals surface area contributed by atoms with E-state index in [2.05, 4.69) is 4.74 Å². The summed E-state index contributed by atoms with van der Waals surface area (Å²) in [6.07, 6.45) is -0.981. The van der Waals surface area contributed by atoms with E-state index in [1.54, 1.807) is 0 Å². The van der Waals surface area contributed by atoms with Crippen LogP contribution in [0.4, 0.5) is 4.39 Å². The van der Waals surface area contributed by atoms with Crippen LogP contribution in [0.1, 0.15) is 11.7 Å². The molecule has 4 nitrogen and oxygen atoms in total. The van der Waals surface area contributed by atoms with Crippen molar-refractivity contribution in [2.75, 3.05) is 14.2 Å². The average Bonchev–Trinajstić information content (AvgIpc) is 2.24. The molecule has 0 aliphatic rings. The Morgan fingerprint density at radius 1 is 1.47 bits per heavy atom. The molecule has 1 rings (SSSR count). The highest BCUT2D eigenvalue weighted by Gasteiger charge is 2.21. The third-order valence-electron chi connectivity index (χ3n) is 1.93. The SMILES string of the molecule is COC(=O)C(OC)c1ccc(O)c(F)c1. The molecular formula is C10H11FO4. The first-order chi connectivity index (χ1) is 7.10. The molecule has 15 heavy (non-hydrogen) atoms. The Hall–Kier alpha value is -1.62. The molecule has 1 aromatic rings. The van der Waals surface area contributed by atoms with Gasteiger partial charge in [0.1, 0.15) is 0 Å². The van der Waals surface area contributed by atoms with Crippen molar-refractivity contribution >= 4 is 5.97 Å². The molecule has 0 radical (unpaired) electrons. The van der Waals surface area contributed by atoms with Crippen LogP contribution >= 0.6 is 0 Å². The maximum Gasteiger partial charge on any atom is 0.339 e. The van der Waals surface area contributed by atoms with Gasteiger partial charge in [-0.15, -0.1) is 0 Å². The number of carbonyl (C=O) groups is 1. The molecule has 0 bridgehead atoms. The Bertz CT molecular complexity index is 364. The molecule has 0 saturated carbocycles. The van der Waals surface area contributed by atoms with Crippen molar-refractivity contribution in [3.63, 3.8) is 0 Å². The number of benzene rings is 1. The van der Waals surface area contributed by atoms with E-state index in [4.69, 9.17) is 9.84 Å². The Labute approximate surface area is 86.2 Å². The maximum absolute atomic E-state index is 13.0. The summed E-state index contributed by atoms with van der Waals surface area (Å²) in [6.45, 7) is 0. The molecule has 0 aliphatic carbocycles. The minimum atomic E-state index is -0.981. The molecule has 0 fully saturated rings. The van der Waals surface area contributed by atoms with E-state index in [0.717, 1.165) is 12.1 Å². The summed E-state index contributed by atoms with van der Waals surface area (Å²) < 4.78 is 22.3. The molecule has 0 saturated heterocycles. The maximum atomic E-state index is 13.0. The van der Waals surface area contributed by atoms with Crippen LogP contribution in [0, 0.1) is 5.82 Å². The molecule has 0 spiro atoms. The third-order valence-corrected chi connectivity index (χ3v) is 1.93. The van der Waals surface area contributed by atoms with E-state index in [-0.39, 0.29) is 0 Å². The van der Waals surface area contributed by atoms with Gasteiger partial charge in [0.25, 0.3) is 0 Å². The molecule has 1 N–H and O–H groups in total. The zero-order valence-corrected chi connectivity index (χ0v) is 8.36. The number of aromatic hydroxyl groups is 1. The van der Waals surface area contributed by atoms with Crippen molar-refractivity contribution in [2.24, 2.45) is 0 Å². The predicted octanol–water partition coefficient (Wildman–Crippen LogP) is 1.39. The minimum Gasteiger partial charge on any atom is -0.505 e. The smallest absolute Gasteiger partial charge is 0.339 e. The zero-order valence-electron chi connectivity index (χ0n) is 8.36. The molecule has 82 valence electrons. The second-order valence-corrected chi connectivity index (χ2v) is 2.85. The van der Waals surface area contributed by atoms with Crippen LogP contribution in [0.2, 0.25) is 0 Å². The highest BCUT2D eigenvalue weighted by Crippen LogP contribution is 2.23. The Kier molecular flexibility index (Phi) is 3.62. The van der Waals surface area contributed by atoms with Gasteiger partial charge in [-0.25, -0.2) is 9.18 Å². The fourth-order valence-corrected chi connectivity index (χ4v) is 1.16. The molecule has 0 amide bonds. The van der Waals surface area contributed by atoms with Crippen molar-refractivity contribution in [1.29, 1.82) is 0 Å². The molecule has 0 heterocycles. The van der Waals surface area contributed by atoms with E-state index in [9.17, 15) is 9.18 Å². The topological polar surface area (TPSA) is 55.8 Å². The second kappa shape index (κ2) is 4.75. The summed E-state index contributed by atoms with van der Waals surface area (Å²) in [4.78, 5) is 11.2. The van der Waals surface area contributed by atoms with Crippen LogP contribution < -0.4 is 0 Å². The lowest BCUT2D eigenvalue weighted by Crippen LogP contribution is -2.16. The Morgan fingerprint density at radius 3 is 2.60 bits per heavy atom. The highest BCUT2D eigenvalue weighted by atomic mass is 19.1. The quantitative estimate of drug-likeness (QED) is 0.772. The normalized spacial score (nSPS) is 12.2. The first-order valence-corrected chi connectivity index (χ1v) is 4.19. The van der Waals surface area contributed by atoms with Crippen LogP contribution in [0.15, 0.2) is 18.2 Å². The second-order valence-electron chi connectivity index (χ2n) is 2.85. The molecule has 1 unspecified atom stereocenters. The number of ether oxygens (including phenoxy) is 2. The fraction of sp³-hybridized carbons (Fsp3) is 0.300. The molecule has 1 aromatic carbocycles. The standard InChI is InChI=1S/C10H11FO4/c1-14-9(10(13)15-2)6-3-4-8(12)7(11)5-6/h3-5,9,12H,1-2H3. The zero-order chi connectivity index (χ0) is 11.4. The van der Waals surface area contributed by atoms with Crippen molar-refractivity contribution in [3.05, 3.63) is 29.6 Å². The summed E-state index contributed by atoms with van der Waals surface area (Å²) >= 11 is 0. The van der Waals surface area contributed by atoms with Crippen molar-refractivity contribution in [1.82, 2.24) is 0 Å². The van der Waals surface area contributed by atoms with E-state index in [1.807, 2.05) is 0 Å². The average molecular weight is 214 g/mol.